The Kier molecular flexibility index (Phi) is 7.25. The van der Waals surface area contributed by atoms with Crippen LogP contribution in [0, 0.1) is 24.0 Å². The number of carbonyl (C=O) groups excluding carboxylic acids is 2. The van der Waals surface area contributed by atoms with Crippen molar-refractivity contribution in [2.24, 2.45) is 0 Å². The Morgan fingerprint density at radius 2 is 1.81 bits per heavy atom. The average Bonchev–Trinajstić information content (AvgIpc) is 3.54. The molecule has 0 radical (unpaired) electrons. The van der Waals surface area contributed by atoms with Crippen molar-refractivity contribution in [1.29, 1.82) is 0 Å². The number of nitro groups is 1. The molecule has 0 spiro atoms. The number of anilines is 2. The third-order valence-electron chi connectivity index (χ3n) is 5.14. The van der Waals surface area contributed by atoms with E-state index in [4.69, 9.17) is 11.6 Å². The fourth-order valence-electron chi connectivity index (χ4n) is 3.25. The largest absolute Gasteiger partial charge is 0.325 e. The van der Waals surface area contributed by atoms with E-state index in [-0.39, 0.29) is 35.5 Å². The number of nitrogens with one attached hydrogen (secondary N) is 2. The predicted molar refractivity (Wildman–Crippen MR) is 120 cm³/mol. The molecule has 31 heavy (non-hydrogen) atoms. The first-order valence-corrected chi connectivity index (χ1v) is 10.5. The van der Waals surface area contributed by atoms with Crippen molar-refractivity contribution >= 4 is 40.5 Å². The molecule has 2 aromatic rings. The van der Waals surface area contributed by atoms with Crippen LogP contribution in [0.4, 0.5) is 17.1 Å². The molecule has 0 aromatic heterocycles. The van der Waals surface area contributed by atoms with Gasteiger partial charge in [0.05, 0.1) is 22.2 Å². The molecule has 0 saturated heterocycles. The molecule has 0 unspecified atom stereocenters. The lowest BCUT2D eigenvalue weighted by Gasteiger charge is -2.21. The molecule has 0 bridgehead atoms. The number of halogens is 1. The zero-order valence-electron chi connectivity index (χ0n) is 17.5. The van der Waals surface area contributed by atoms with Gasteiger partial charge in [-0.1, -0.05) is 23.7 Å². The van der Waals surface area contributed by atoms with E-state index in [2.05, 4.69) is 10.6 Å². The van der Waals surface area contributed by atoms with Gasteiger partial charge in [0.2, 0.25) is 11.8 Å². The Bertz CT molecular complexity index is 1010. The Morgan fingerprint density at radius 1 is 1.10 bits per heavy atom. The SMILES string of the molecule is Cc1ccc(C)c(NC(=O)CN(CCC(=O)Nc2ccc([N+](=O)[O-])cc2Cl)C2CC2)c1. The van der Waals surface area contributed by atoms with Crippen molar-refractivity contribution in [3.63, 3.8) is 0 Å². The number of nitro benzene ring substituents is 1. The average molecular weight is 445 g/mol. The molecule has 1 aliphatic carbocycles. The van der Waals surface area contributed by atoms with Gasteiger partial charge in [0.1, 0.15) is 0 Å². The van der Waals surface area contributed by atoms with Gasteiger partial charge in [-0.15, -0.1) is 0 Å². The summed E-state index contributed by atoms with van der Waals surface area (Å²) in [5.74, 6) is -0.379. The van der Waals surface area contributed by atoms with Gasteiger partial charge >= 0.3 is 0 Å². The summed E-state index contributed by atoms with van der Waals surface area (Å²) in [6.07, 6.45) is 2.19. The Labute approximate surface area is 185 Å². The predicted octanol–water partition coefficient (Wildman–Crippen LogP) is 4.30. The van der Waals surface area contributed by atoms with Gasteiger partial charge in [0.25, 0.3) is 5.69 Å². The van der Waals surface area contributed by atoms with Crippen LogP contribution >= 0.6 is 11.6 Å². The summed E-state index contributed by atoms with van der Waals surface area (Å²) in [6.45, 7) is 4.56. The molecular formula is C22H25ClN4O4. The minimum absolute atomic E-state index is 0.106. The zero-order valence-corrected chi connectivity index (χ0v) is 18.2. The highest BCUT2D eigenvalue weighted by Gasteiger charge is 2.30. The highest BCUT2D eigenvalue weighted by Crippen LogP contribution is 2.28. The topological polar surface area (TPSA) is 105 Å². The molecule has 9 heteroatoms. The standard InChI is InChI=1S/C22H25ClN4O4/c1-14-3-4-15(2)20(11-14)25-22(29)13-26(16-5-6-16)10-9-21(28)24-19-8-7-17(27(30)31)12-18(19)23/h3-4,7-8,11-12,16H,5-6,9-10,13H2,1-2H3,(H,24,28)(H,25,29). The van der Waals surface area contributed by atoms with Crippen molar-refractivity contribution in [2.45, 2.75) is 39.2 Å². The number of hydrogen-bond donors (Lipinski definition) is 2. The van der Waals surface area contributed by atoms with E-state index < -0.39 is 4.92 Å². The molecule has 1 saturated carbocycles. The summed E-state index contributed by atoms with van der Waals surface area (Å²) in [4.78, 5) is 37.2. The summed E-state index contributed by atoms with van der Waals surface area (Å²) in [6, 6.07) is 10.1. The summed E-state index contributed by atoms with van der Waals surface area (Å²) in [7, 11) is 0. The van der Waals surface area contributed by atoms with Crippen LogP contribution in [0.1, 0.15) is 30.4 Å². The van der Waals surface area contributed by atoms with Crippen LogP contribution in [0.2, 0.25) is 5.02 Å². The molecule has 3 rings (SSSR count). The molecule has 2 aromatic carbocycles. The van der Waals surface area contributed by atoms with Gasteiger partial charge in [-0.3, -0.25) is 24.6 Å². The van der Waals surface area contributed by atoms with E-state index in [1.54, 1.807) is 0 Å². The molecule has 2 amide bonds. The van der Waals surface area contributed by atoms with E-state index in [0.29, 0.717) is 18.3 Å². The zero-order chi connectivity index (χ0) is 22.5. The first kappa shape index (κ1) is 22.7. The molecule has 0 aliphatic heterocycles. The normalized spacial score (nSPS) is 13.2. The van der Waals surface area contributed by atoms with Gasteiger partial charge < -0.3 is 10.6 Å². The third-order valence-corrected chi connectivity index (χ3v) is 5.45. The van der Waals surface area contributed by atoms with Crippen molar-refractivity contribution in [1.82, 2.24) is 4.90 Å². The van der Waals surface area contributed by atoms with Gasteiger partial charge in [0, 0.05) is 36.8 Å². The highest BCUT2D eigenvalue weighted by atomic mass is 35.5. The van der Waals surface area contributed by atoms with E-state index in [9.17, 15) is 19.7 Å². The summed E-state index contributed by atoms with van der Waals surface area (Å²) < 4.78 is 0. The third kappa shape index (κ3) is 6.50. The molecular weight excluding hydrogens is 420 g/mol. The molecule has 0 atom stereocenters. The second-order valence-corrected chi connectivity index (χ2v) is 8.19. The summed E-state index contributed by atoms with van der Waals surface area (Å²) in [5, 5.41) is 16.5. The second-order valence-electron chi connectivity index (χ2n) is 7.79. The Balaban J connectivity index is 1.53. The molecule has 1 aliphatic rings. The van der Waals surface area contributed by atoms with E-state index in [1.807, 2.05) is 36.9 Å². The van der Waals surface area contributed by atoms with E-state index in [1.165, 1.54) is 18.2 Å². The van der Waals surface area contributed by atoms with Crippen molar-refractivity contribution in [2.75, 3.05) is 23.7 Å². The minimum atomic E-state index is -0.547. The minimum Gasteiger partial charge on any atom is -0.325 e. The number of hydrogen-bond acceptors (Lipinski definition) is 5. The van der Waals surface area contributed by atoms with Crippen LogP contribution in [-0.2, 0) is 9.59 Å². The van der Waals surface area contributed by atoms with Crippen molar-refractivity contribution in [3.05, 3.63) is 62.7 Å². The van der Waals surface area contributed by atoms with Crippen LogP contribution in [0.25, 0.3) is 0 Å². The summed E-state index contributed by atoms with van der Waals surface area (Å²) >= 11 is 6.03. The number of carbonyl (C=O) groups is 2. The van der Waals surface area contributed by atoms with Crippen LogP contribution in [0.3, 0.4) is 0 Å². The number of nitrogens with zero attached hydrogens (tertiary/aromatic N) is 2. The summed E-state index contributed by atoms with van der Waals surface area (Å²) in [5.41, 5.74) is 3.05. The van der Waals surface area contributed by atoms with E-state index >= 15 is 0 Å². The maximum atomic E-state index is 12.6. The first-order chi connectivity index (χ1) is 14.7. The van der Waals surface area contributed by atoms with Crippen molar-refractivity contribution in [3.8, 4) is 0 Å². The number of benzene rings is 2. The molecule has 8 nitrogen and oxygen atoms in total. The van der Waals surface area contributed by atoms with E-state index in [0.717, 1.165) is 29.7 Å². The Morgan fingerprint density at radius 3 is 2.45 bits per heavy atom. The fraction of sp³-hybridized carbons (Fsp3) is 0.364. The highest BCUT2D eigenvalue weighted by molar-refractivity contribution is 6.33. The van der Waals surface area contributed by atoms with Gasteiger partial charge in [-0.05, 0) is 49.9 Å². The van der Waals surface area contributed by atoms with Gasteiger partial charge in [0.15, 0.2) is 0 Å². The molecule has 1 fully saturated rings. The second kappa shape index (κ2) is 9.89. The van der Waals surface area contributed by atoms with Crippen LogP contribution < -0.4 is 10.6 Å². The number of amides is 2. The monoisotopic (exact) mass is 444 g/mol. The maximum Gasteiger partial charge on any atom is 0.271 e. The van der Waals surface area contributed by atoms with Crippen LogP contribution in [0.5, 0.6) is 0 Å². The molecule has 164 valence electrons. The van der Waals surface area contributed by atoms with Crippen molar-refractivity contribution < 1.29 is 14.5 Å². The fourth-order valence-corrected chi connectivity index (χ4v) is 3.47. The van der Waals surface area contributed by atoms with Crippen LogP contribution in [-0.4, -0.2) is 40.8 Å². The lowest BCUT2D eigenvalue weighted by atomic mass is 10.1. The maximum absolute atomic E-state index is 12.6. The first-order valence-electron chi connectivity index (χ1n) is 10.1. The van der Waals surface area contributed by atoms with Gasteiger partial charge in [-0.25, -0.2) is 0 Å². The Hall–Kier alpha value is -2.97. The number of rotatable bonds is 9. The quantitative estimate of drug-likeness (QED) is 0.443. The lowest BCUT2D eigenvalue weighted by Crippen LogP contribution is -2.37. The molecule has 2 N–H and O–H groups in total. The van der Waals surface area contributed by atoms with Gasteiger partial charge in [-0.2, -0.15) is 0 Å². The number of aryl methyl sites for hydroxylation is 2. The van der Waals surface area contributed by atoms with Crippen LogP contribution in [0.15, 0.2) is 36.4 Å². The smallest absolute Gasteiger partial charge is 0.271 e. The molecule has 0 heterocycles. The lowest BCUT2D eigenvalue weighted by molar-refractivity contribution is -0.384. The number of non-ortho nitro benzene ring substituents is 1.